The van der Waals surface area contributed by atoms with Gasteiger partial charge in [-0.15, -0.1) is 0 Å². The average Bonchev–Trinajstić information content (AvgIpc) is 2.35. The van der Waals surface area contributed by atoms with Crippen LogP contribution in [0.5, 0.6) is 0 Å². The molecule has 0 aliphatic heterocycles. The van der Waals surface area contributed by atoms with Crippen LogP contribution < -0.4 is 11.1 Å². The van der Waals surface area contributed by atoms with Gasteiger partial charge in [-0.2, -0.15) is 0 Å². The first-order chi connectivity index (χ1) is 8.47. The Balaban J connectivity index is 2.60. The number of hydrogen-bond donors (Lipinski definition) is 2. The molecule has 1 aromatic carbocycles. The van der Waals surface area contributed by atoms with E-state index in [0.717, 1.165) is 26.1 Å². The maximum Gasteiger partial charge on any atom is 0.00431 e. The van der Waals surface area contributed by atoms with E-state index in [0.29, 0.717) is 5.92 Å². The lowest BCUT2D eigenvalue weighted by molar-refractivity contribution is 0.467. The lowest BCUT2D eigenvalue weighted by atomic mass is 9.83. The van der Waals surface area contributed by atoms with Gasteiger partial charge in [-0.05, 0) is 36.6 Å². The summed E-state index contributed by atoms with van der Waals surface area (Å²) >= 11 is 0. The molecule has 3 N–H and O–H groups in total. The Morgan fingerprint density at radius 2 is 1.78 bits per heavy atom. The molecule has 0 bridgehead atoms. The first-order valence-corrected chi connectivity index (χ1v) is 6.98. The third kappa shape index (κ3) is 4.43. The van der Waals surface area contributed by atoms with Gasteiger partial charge in [0.2, 0.25) is 0 Å². The lowest BCUT2D eigenvalue weighted by Crippen LogP contribution is -2.34. The Hall–Kier alpha value is -0.860. The topological polar surface area (TPSA) is 38.0 Å². The Kier molecular flexibility index (Phi) is 5.83. The van der Waals surface area contributed by atoms with Crippen LogP contribution in [-0.2, 0) is 5.41 Å². The van der Waals surface area contributed by atoms with E-state index < -0.39 is 0 Å². The molecule has 1 aromatic rings. The molecule has 0 fully saturated rings. The van der Waals surface area contributed by atoms with Crippen molar-refractivity contribution in [3.05, 3.63) is 35.4 Å². The van der Waals surface area contributed by atoms with Crippen LogP contribution in [0.15, 0.2) is 24.3 Å². The standard InChI is InChI=1S/C16H28N2/c1-13(2)14-6-8-15(9-7-14)16(3,4)12-18-11-5-10-17/h6-9,13,18H,5,10-12,17H2,1-4H3. The van der Waals surface area contributed by atoms with Gasteiger partial charge in [0.1, 0.15) is 0 Å². The highest BCUT2D eigenvalue weighted by Gasteiger charge is 2.19. The molecule has 0 aliphatic rings. The summed E-state index contributed by atoms with van der Waals surface area (Å²) in [6, 6.07) is 9.03. The SMILES string of the molecule is CC(C)c1ccc(C(C)(C)CNCCCN)cc1. The fourth-order valence-corrected chi connectivity index (χ4v) is 2.05. The minimum Gasteiger partial charge on any atom is -0.330 e. The molecule has 18 heavy (non-hydrogen) atoms. The molecule has 0 aliphatic carbocycles. The summed E-state index contributed by atoms with van der Waals surface area (Å²) in [5.41, 5.74) is 8.47. The molecular weight excluding hydrogens is 220 g/mol. The van der Waals surface area contributed by atoms with Crippen molar-refractivity contribution >= 4 is 0 Å². The molecule has 0 radical (unpaired) electrons. The predicted molar refractivity (Wildman–Crippen MR) is 80.1 cm³/mol. The fraction of sp³-hybridized carbons (Fsp3) is 0.625. The van der Waals surface area contributed by atoms with Crippen LogP contribution in [0.1, 0.15) is 51.2 Å². The molecule has 0 heterocycles. The molecule has 0 spiro atoms. The smallest absolute Gasteiger partial charge is 0.00431 e. The zero-order valence-corrected chi connectivity index (χ0v) is 12.3. The first-order valence-electron chi connectivity index (χ1n) is 6.98. The predicted octanol–water partition coefficient (Wildman–Crippen LogP) is 3.03. The molecule has 0 unspecified atom stereocenters. The van der Waals surface area contributed by atoms with Gasteiger partial charge in [-0.1, -0.05) is 52.0 Å². The minimum absolute atomic E-state index is 0.171. The summed E-state index contributed by atoms with van der Waals surface area (Å²) < 4.78 is 0. The van der Waals surface area contributed by atoms with Gasteiger partial charge >= 0.3 is 0 Å². The highest BCUT2D eigenvalue weighted by molar-refractivity contribution is 5.29. The summed E-state index contributed by atoms with van der Waals surface area (Å²) in [6.07, 6.45) is 1.04. The van der Waals surface area contributed by atoms with E-state index in [9.17, 15) is 0 Å². The van der Waals surface area contributed by atoms with Crippen molar-refractivity contribution in [3.8, 4) is 0 Å². The third-order valence-electron chi connectivity index (χ3n) is 3.48. The minimum atomic E-state index is 0.171. The number of rotatable bonds is 7. The highest BCUT2D eigenvalue weighted by Crippen LogP contribution is 2.24. The monoisotopic (exact) mass is 248 g/mol. The Bertz CT molecular complexity index is 339. The first kappa shape index (κ1) is 15.2. The number of nitrogens with one attached hydrogen (secondary N) is 1. The summed E-state index contributed by atoms with van der Waals surface area (Å²) in [6.45, 7) is 11.8. The molecule has 0 atom stereocenters. The molecule has 0 saturated heterocycles. The van der Waals surface area contributed by atoms with Gasteiger partial charge < -0.3 is 11.1 Å². The van der Waals surface area contributed by atoms with Gasteiger partial charge in [0.25, 0.3) is 0 Å². The normalized spacial score (nSPS) is 12.1. The molecule has 0 amide bonds. The van der Waals surface area contributed by atoms with E-state index in [4.69, 9.17) is 5.73 Å². The van der Waals surface area contributed by atoms with Crippen LogP contribution in [0.4, 0.5) is 0 Å². The van der Waals surface area contributed by atoms with Crippen molar-refractivity contribution in [3.63, 3.8) is 0 Å². The average molecular weight is 248 g/mol. The van der Waals surface area contributed by atoms with Crippen LogP contribution >= 0.6 is 0 Å². The van der Waals surface area contributed by atoms with Crippen LogP contribution in [0.2, 0.25) is 0 Å². The second-order valence-corrected chi connectivity index (χ2v) is 5.98. The van der Waals surface area contributed by atoms with Gasteiger partial charge in [0.05, 0.1) is 0 Å². The van der Waals surface area contributed by atoms with E-state index >= 15 is 0 Å². The second kappa shape index (κ2) is 6.91. The quantitative estimate of drug-likeness (QED) is 0.728. The maximum atomic E-state index is 5.49. The van der Waals surface area contributed by atoms with Crippen molar-refractivity contribution in [1.82, 2.24) is 5.32 Å². The van der Waals surface area contributed by atoms with Gasteiger partial charge in [-0.25, -0.2) is 0 Å². The van der Waals surface area contributed by atoms with Gasteiger partial charge in [0, 0.05) is 12.0 Å². The van der Waals surface area contributed by atoms with Crippen LogP contribution in [-0.4, -0.2) is 19.6 Å². The van der Waals surface area contributed by atoms with Crippen molar-refractivity contribution < 1.29 is 0 Å². The summed E-state index contributed by atoms with van der Waals surface area (Å²) in [4.78, 5) is 0. The maximum absolute atomic E-state index is 5.49. The van der Waals surface area contributed by atoms with Crippen molar-refractivity contribution in [2.75, 3.05) is 19.6 Å². The van der Waals surface area contributed by atoms with Gasteiger partial charge in [0.15, 0.2) is 0 Å². The molecular formula is C16H28N2. The number of benzene rings is 1. The molecule has 102 valence electrons. The van der Waals surface area contributed by atoms with Crippen molar-refractivity contribution in [2.24, 2.45) is 5.73 Å². The Morgan fingerprint density at radius 3 is 2.28 bits per heavy atom. The second-order valence-electron chi connectivity index (χ2n) is 5.98. The molecule has 0 saturated carbocycles. The number of nitrogens with two attached hydrogens (primary N) is 1. The van der Waals surface area contributed by atoms with E-state index in [1.807, 2.05) is 0 Å². The zero-order chi connectivity index (χ0) is 13.6. The number of hydrogen-bond acceptors (Lipinski definition) is 2. The molecule has 2 nitrogen and oxygen atoms in total. The van der Waals surface area contributed by atoms with Crippen molar-refractivity contribution in [1.29, 1.82) is 0 Å². The van der Waals surface area contributed by atoms with E-state index in [-0.39, 0.29) is 5.41 Å². The molecule has 2 heteroatoms. The van der Waals surface area contributed by atoms with E-state index in [1.165, 1.54) is 11.1 Å². The molecule has 0 aromatic heterocycles. The summed E-state index contributed by atoms with van der Waals surface area (Å²) in [5, 5.41) is 3.48. The summed E-state index contributed by atoms with van der Waals surface area (Å²) in [7, 11) is 0. The highest BCUT2D eigenvalue weighted by atomic mass is 14.9. The van der Waals surface area contributed by atoms with Crippen LogP contribution in [0, 0.1) is 0 Å². The largest absolute Gasteiger partial charge is 0.330 e. The van der Waals surface area contributed by atoms with Crippen LogP contribution in [0.3, 0.4) is 0 Å². The van der Waals surface area contributed by atoms with Crippen molar-refractivity contribution in [2.45, 2.75) is 45.4 Å². The van der Waals surface area contributed by atoms with E-state index in [1.54, 1.807) is 0 Å². The van der Waals surface area contributed by atoms with Crippen LogP contribution in [0.25, 0.3) is 0 Å². The fourth-order valence-electron chi connectivity index (χ4n) is 2.05. The molecule has 1 rings (SSSR count). The summed E-state index contributed by atoms with van der Waals surface area (Å²) in [5.74, 6) is 0.602. The van der Waals surface area contributed by atoms with E-state index in [2.05, 4.69) is 57.3 Å². The third-order valence-corrected chi connectivity index (χ3v) is 3.48. The zero-order valence-electron chi connectivity index (χ0n) is 12.3. The van der Waals surface area contributed by atoms with Gasteiger partial charge in [-0.3, -0.25) is 0 Å². The lowest BCUT2D eigenvalue weighted by Gasteiger charge is -2.26. The Labute approximate surface area is 112 Å². The Morgan fingerprint density at radius 1 is 1.17 bits per heavy atom.